The van der Waals surface area contributed by atoms with Crippen LogP contribution in [0.15, 0.2) is 46.9 Å². The molecule has 1 amide bonds. The van der Waals surface area contributed by atoms with Crippen LogP contribution < -0.4 is 4.74 Å². The summed E-state index contributed by atoms with van der Waals surface area (Å²) in [6.45, 7) is 5.01. The molecule has 0 unspecified atom stereocenters. The number of hydrogen-bond acceptors (Lipinski definition) is 4. The Kier molecular flexibility index (Phi) is 4.65. The monoisotopic (exact) mass is 339 g/mol. The molecule has 3 rings (SSSR count). The maximum Gasteiger partial charge on any atom is 0.290 e. The second kappa shape index (κ2) is 6.89. The van der Waals surface area contributed by atoms with Gasteiger partial charge >= 0.3 is 0 Å². The van der Waals surface area contributed by atoms with Gasteiger partial charge in [0, 0.05) is 29.6 Å². The number of rotatable bonds is 5. The van der Waals surface area contributed by atoms with Crippen LogP contribution >= 0.6 is 0 Å². The quantitative estimate of drug-likeness (QED) is 0.753. The number of carbonyl (C=O) groups is 1. The summed E-state index contributed by atoms with van der Waals surface area (Å²) in [4.78, 5) is 14.6. The molecule has 0 aliphatic carbocycles. The molecule has 0 saturated heterocycles. The van der Waals surface area contributed by atoms with Crippen LogP contribution in [0.4, 0.5) is 0 Å². The third-order valence-corrected chi connectivity index (χ3v) is 4.33. The number of nitrogens with zero attached hydrogens (tertiary/aromatic N) is 1. The molecule has 0 bridgehead atoms. The number of fused-ring (bicyclic) bond motifs is 1. The molecule has 0 atom stereocenters. The largest absolute Gasteiger partial charge is 0.504 e. The molecule has 0 fully saturated rings. The first-order chi connectivity index (χ1) is 12.1. The van der Waals surface area contributed by atoms with Crippen molar-refractivity contribution in [3.8, 4) is 22.6 Å². The lowest BCUT2D eigenvalue weighted by atomic mass is 10.00. The molecule has 1 N–H and O–H groups in total. The molecule has 0 saturated carbocycles. The van der Waals surface area contributed by atoms with Gasteiger partial charge in [0.2, 0.25) is 5.76 Å². The van der Waals surface area contributed by atoms with Gasteiger partial charge in [-0.3, -0.25) is 4.79 Å². The first kappa shape index (κ1) is 16.9. The van der Waals surface area contributed by atoms with E-state index in [1.807, 2.05) is 38.1 Å². The number of benzene rings is 2. The lowest BCUT2D eigenvalue weighted by Gasteiger charge is -2.18. The zero-order valence-corrected chi connectivity index (χ0v) is 14.6. The molecule has 2 aromatic carbocycles. The van der Waals surface area contributed by atoms with Gasteiger partial charge < -0.3 is 19.2 Å². The van der Waals surface area contributed by atoms with Gasteiger partial charge in [-0.05, 0) is 26.0 Å². The summed E-state index contributed by atoms with van der Waals surface area (Å²) in [5.41, 5.74) is 1.71. The van der Waals surface area contributed by atoms with E-state index in [1.165, 1.54) is 7.11 Å². The van der Waals surface area contributed by atoms with Crippen molar-refractivity contribution in [2.24, 2.45) is 0 Å². The summed E-state index contributed by atoms with van der Waals surface area (Å²) in [6.07, 6.45) is 0. The Balaban J connectivity index is 2.30. The van der Waals surface area contributed by atoms with E-state index >= 15 is 0 Å². The standard InChI is InChI=1S/C20H21NO4/c1-4-21(5-2)20(23)19-17(13-9-6-7-11-15(13)25-19)14-10-8-12-16(24-3)18(14)22/h6-12,22H,4-5H2,1-3H3. The van der Waals surface area contributed by atoms with E-state index in [0.717, 1.165) is 5.39 Å². The lowest BCUT2D eigenvalue weighted by molar-refractivity contribution is 0.0744. The fourth-order valence-electron chi connectivity index (χ4n) is 3.01. The van der Waals surface area contributed by atoms with Gasteiger partial charge in [-0.25, -0.2) is 0 Å². The highest BCUT2D eigenvalue weighted by Crippen LogP contribution is 2.43. The van der Waals surface area contributed by atoms with Crippen molar-refractivity contribution < 1.29 is 19.1 Å². The molecule has 0 spiro atoms. The van der Waals surface area contributed by atoms with Crippen molar-refractivity contribution in [1.29, 1.82) is 0 Å². The summed E-state index contributed by atoms with van der Waals surface area (Å²) in [7, 11) is 1.49. The second-order valence-corrected chi connectivity index (χ2v) is 5.64. The summed E-state index contributed by atoms with van der Waals surface area (Å²) in [6, 6.07) is 12.6. The van der Waals surface area contributed by atoms with Gasteiger partial charge in [0.25, 0.3) is 5.91 Å². The SMILES string of the molecule is CCN(CC)C(=O)c1oc2ccccc2c1-c1cccc(OC)c1O. The van der Waals surface area contributed by atoms with E-state index in [0.29, 0.717) is 35.5 Å². The molecule has 25 heavy (non-hydrogen) atoms. The Bertz CT molecular complexity index is 909. The third kappa shape index (κ3) is 2.82. The first-order valence-corrected chi connectivity index (χ1v) is 8.29. The number of phenolic OH excluding ortho intramolecular Hbond substituents is 1. The molecule has 1 heterocycles. The summed E-state index contributed by atoms with van der Waals surface area (Å²) in [5, 5.41) is 11.4. The molecule has 1 aromatic heterocycles. The van der Waals surface area contributed by atoms with Gasteiger partial charge in [0.15, 0.2) is 11.5 Å². The smallest absolute Gasteiger partial charge is 0.290 e. The minimum Gasteiger partial charge on any atom is -0.504 e. The maximum atomic E-state index is 13.0. The number of furan rings is 1. The number of hydrogen-bond donors (Lipinski definition) is 1. The summed E-state index contributed by atoms with van der Waals surface area (Å²) in [5.74, 6) is 0.376. The molecule has 130 valence electrons. The fourth-order valence-corrected chi connectivity index (χ4v) is 3.01. The van der Waals surface area contributed by atoms with Gasteiger partial charge in [-0.2, -0.15) is 0 Å². The molecule has 0 radical (unpaired) electrons. The normalized spacial score (nSPS) is 10.8. The molecule has 0 aliphatic rings. The number of phenols is 1. The summed E-state index contributed by atoms with van der Waals surface area (Å²) < 4.78 is 11.1. The van der Waals surface area contributed by atoms with Crippen molar-refractivity contribution in [2.45, 2.75) is 13.8 Å². The van der Waals surface area contributed by atoms with E-state index in [4.69, 9.17) is 9.15 Å². The average Bonchev–Trinajstić information content (AvgIpc) is 3.02. The highest BCUT2D eigenvalue weighted by atomic mass is 16.5. The van der Waals surface area contributed by atoms with Gasteiger partial charge in [0.1, 0.15) is 5.58 Å². The topological polar surface area (TPSA) is 62.9 Å². The Morgan fingerprint density at radius 1 is 1.12 bits per heavy atom. The van der Waals surface area contributed by atoms with Crippen LogP contribution in [0, 0.1) is 0 Å². The van der Waals surface area contributed by atoms with Crippen LogP contribution in [0.2, 0.25) is 0 Å². The number of amides is 1. The lowest BCUT2D eigenvalue weighted by Crippen LogP contribution is -2.30. The minimum atomic E-state index is -0.196. The average molecular weight is 339 g/mol. The Hall–Kier alpha value is -2.95. The van der Waals surface area contributed by atoms with E-state index < -0.39 is 0 Å². The summed E-state index contributed by atoms with van der Waals surface area (Å²) >= 11 is 0. The number of methoxy groups -OCH3 is 1. The van der Waals surface area contributed by atoms with Crippen LogP contribution in [0.1, 0.15) is 24.4 Å². The van der Waals surface area contributed by atoms with Crippen LogP contribution in [-0.2, 0) is 0 Å². The zero-order chi connectivity index (χ0) is 18.0. The molecular weight excluding hydrogens is 318 g/mol. The molecule has 5 heteroatoms. The molecule has 3 aromatic rings. The highest BCUT2D eigenvalue weighted by molar-refractivity contribution is 6.09. The van der Waals surface area contributed by atoms with E-state index in [-0.39, 0.29) is 17.4 Å². The Labute approximate surface area is 146 Å². The van der Waals surface area contributed by atoms with Gasteiger partial charge in [-0.1, -0.05) is 30.3 Å². The van der Waals surface area contributed by atoms with Crippen LogP contribution in [0.3, 0.4) is 0 Å². The Morgan fingerprint density at radius 2 is 1.84 bits per heavy atom. The third-order valence-electron chi connectivity index (χ3n) is 4.33. The number of ether oxygens (including phenoxy) is 1. The van der Waals surface area contributed by atoms with Crippen molar-refractivity contribution >= 4 is 16.9 Å². The molecule has 5 nitrogen and oxygen atoms in total. The van der Waals surface area contributed by atoms with Crippen molar-refractivity contribution in [1.82, 2.24) is 4.90 Å². The van der Waals surface area contributed by atoms with E-state index in [2.05, 4.69) is 0 Å². The maximum absolute atomic E-state index is 13.0. The zero-order valence-electron chi connectivity index (χ0n) is 14.6. The number of para-hydroxylation sites is 2. The van der Waals surface area contributed by atoms with Crippen molar-refractivity contribution in [2.75, 3.05) is 20.2 Å². The minimum absolute atomic E-state index is 0.00912. The molecular formula is C20H21NO4. The Morgan fingerprint density at radius 3 is 2.52 bits per heavy atom. The van der Waals surface area contributed by atoms with Crippen molar-refractivity contribution in [3.63, 3.8) is 0 Å². The number of carbonyl (C=O) groups excluding carboxylic acids is 1. The van der Waals surface area contributed by atoms with Crippen LogP contribution in [0.25, 0.3) is 22.1 Å². The highest BCUT2D eigenvalue weighted by Gasteiger charge is 2.27. The van der Waals surface area contributed by atoms with Crippen LogP contribution in [-0.4, -0.2) is 36.1 Å². The van der Waals surface area contributed by atoms with E-state index in [9.17, 15) is 9.90 Å². The first-order valence-electron chi connectivity index (χ1n) is 8.29. The fraction of sp³-hybridized carbons (Fsp3) is 0.250. The number of aromatic hydroxyl groups is 1. The van der Waals surface area contributed by atoms with Gasteiger partial charge in [0.05, 0.1) is 7.11 Å². The second-order valence-electron chi connectivity index (χ2n) is 5.64. The predicted octanol–water partition coefficient (Wildman–Crippen LogP) is 4.30. The van der Waals surface area contributed by atoms with Crippen LogP contribution in [0.5, 0.6) is 11.5 Å². The van der Waals surface area contributed by atoms with E-state index in [1.54, 1.807) is 23.1 Å². The van der Waals surface area contributed by atoms with Gasteiger partial charge in [-0.15, -0.1) is 0 Å². The predicted molar refractivity (Wildman–Crippen MR) is 97.1 cm³/mol. The van der Waals surface area contributed by atoms with Crippen molar-refractivity contribution in [3.05, 3.63) is 48.2 Å². The molecule has 0 aliphatic heterocycles.